The molecule has 0 atom stereocenters. The van der Waals surface area contributed by atoms with Gasteiger partial charge in [-0.25, -0.2) is 0 Å². The number of fused-ring (bicyclic) bond motifs is 1. The lowest BCUT2D eigenvalue weighted by Crippen LogP contribution is -2.25. The van der Waals surface area contributed by atoms with Crippen LogP contribution < -0.4 is 5.84 Å². The predicted octanol–water partition coefficient (Wildman–Crippen LogP) is 0.509. The van der Waals surface area contributed by atoms with Crippen LogP contribution in [-0.2, 0) is 19.5 Å². The SMILES string of the molecule is C=CCn1nc2c(c1C=O)CN(N=NC=NN)CC2. The van der Waals surface area contributed by atoms with Crippen LogP contribution in [0.5, 0.6) is 0 Å². The number of nitrogens with two attached hydrogens (primary N) is 1. The Bertz CT molecular complexity index is 531. The van der Waals surface area contributed by atoms with Crippen molar-refractivity contribution in [1.29, 1.82) is 0 Å². The van der Waals surface area contributed by atoms with E-state index in [0.29, 0.717) is 25.3 Å². The summed E-state index contributed by atoms with van der Waals surface area (Å²) >= 11 is 0. The molecule has 0 spiro atoms. The van der Waals surface area contributed by atoms with Crippen LogP contribution in [0.15, 0.2) is 28.1 Å². The molecule has 8 nitrogen and oxygen atoms in total. The number of nitrogens with zero attached hydrogens (tertiary/aromatic N) is 6. The molecule has 0 fully saturated rings. The summed E-state index contributed by atoms with van der Waals surface area (Å²) in [5.41, 5.74) is 2.40. The Morgan fingerprint density at radius 2 is 2.37 bits per heavy atom. The van der Waals surface area contributed by atoms with Crippen molar-refractivity contribution in [2.75, 3.05) is 6.54 Å². The molecule has 2 heterocycles. The van der Waals surface area contributed by atoms with Gasteiger partial charge >= 0.3 is 0 Å². The second-order valence-corrected chi connectivity index (χ2v) is 4.01. The minimum Gasteiger partial charge on any atom is -0.322 e. The number of rotatable bonds is 5. The van der Waals surface area contributed by atoms with Crippen molar-refractivity contribution in [1.82, 2.24) is 14.8 Å². The Morgan fingerprint density at radius 3 is 3.05 bits per heavy atom. The number of carbonyl (C=O) groups is 1. The van der Waals surface area contributed by atoms with Crippen LogP contribution in [0.2, 0.25) is 0 Å². The van der Waals surface area contributed by atoms with Crippen molar-refractivity contribution in [2.24, 2.45) is 21.3 Å². The lowest BCUT2D eigenvalue weighted by molar-refractivity contribution is 0.111. The van der Waals surface area contributed by atoms with Gasteiger partial charge in [-0.15, -0.1) is 11.7 Å². The number of hydrazone groups is 1. The van der Waals surface area contributed by atoms with Crippen molar-refractivity contribution in [3.8, 4) is 0 Å². The third-order valence-corrected chi connectivity index (χ3v) is 2.83. The number of hydrogen-bond acceptors (Lipinski definition) is 5. The molecule has 1 aromatic heterocycles. The first-order valence-electron chi connectivity index (χ1n) is 5.82. The molecule has 0 saturated heterocycles. The quantitative estimate of drug-likeness (QED) is 0.159. The summed E-state index contributed by atoms with van der Waals surface area (Å²) in [5, 5.41) is 17.0. The predicted molar refractivity (Wildman–Crippen MR) is 69.5 cm³/mol. The van der Waals surface area contributed by atoms with E-state index in [1.807, 2.05) is 0 Å². The molecule has 0 aromatic carbocycles. The summed E-state index contributed by atoms with van der Waals surface area (Å²) in [5.74, 6) is 4.93. The maximum absolute atomic E-state index is 11.2. The third kappa shape index (κ3) is 2.67. The van der Waals surface area contributed by atoms with Crippen molar-refractivity contribution >= 4 is 12.6 Å². The fourth-order valence-corrected chi connectivity index (χ4v) is 2.03. The van der Waals surface area contributed by atoms with E-state index in [-0.39, 0.29) is 0 Å². The summed E-state index contributed by atoms with van der Waals surface area (Å²) in [7, 11) is 0. The van der Waals surface area contributed by atoms with Gasteiger partial charge in [-0.05, 0) is 0 Å². The number of hydrogen-bond donors (Lipinski definition) is 1. The Morgan fingerprint density at radius 1 is 1.53 bits per heavy atom. The first-order chi connectivity index (χ1) is 9.30. The van der Waals surface area contributed by atoms with Gasteiger partial charge in [0.2, 0.25) is 0 Å². The highest BCUT2D eigenvalue weighted by Crippen LogP contribution is 2.21. The fourth-order valence-electron chi connectivity index (χ4n) is 2.03. The Labute approximate surface area is 110 Å². The van der Waals surface area contributed by atoms with Crippen LogP contribution >= 0.6 is 0 Å². The van der Waals surface area contributed by atoms with E-state index in [0.717, 1.165) is 30.3 Å². The number of aromatic nitrogens is 2. The Balaban J connectivity index is 2.23. The van der Waals surface area contributed by atoms with Gasteiger partial charge in [-0.1, -0.05) is 11.3 Å². The third-order valence-electron chi connectivity index (χ3n) is 2.83. The first-order valence-corrected chi connectivity index (χ1v) is 5.82. The van der Waals surface area contributed by atoms with Crippen molar-refractivity contribution in [3.63, 3.8) is 0 Å². The van der Waals surface area contributed by atoms with Crippen LogP contribution in [0, 0.1) is 0 Å². The topological polar surface area (TPSA) is 101 Å². The van der Waals surface area contributed by atoms with Crippen molar-refractivity contribution in [2.45, 2.75) is 19.5 Å². The maximum atomic E-state index is 11.2. The molecule has 1 aliphatic heterocycles. The second kappa shape index (κ2) is 5.89. The van der Waals surface area contributed by atoms with Gasteiger partial charge < -0.3 is 5.84 Å². The molecule has 2 rings (SSSR count). The molecular formula is C11H15N7O. The molecule has 0 aliphatic carbocycles. The van der Waals surface area contributed by atoms with E-state index in [2.05, 4.69) is 27.1 Å². The van der Waals surface area contributed by atoms with Gasteiger partial charge in [0.25, 0.3) is 0 Å². The smallest absolute Gasteiger partial charge is 0.168 e. The first kappa shape index (κ1) is 12.9. The summed E-state index contributed by atoms with van der Waals surface area (Å²) in [6.45, 7) is 5.37. The molecule has 8 heteroatoms. The molecule has 2 N–H and O–H groups in total. The minimum absolute atomic E-state index is 0.502. The molecule has 0 saturated carbocycles. The highest BCUT2D eigenvalue weighted by molar-refractivity contribution is 5.75. The van der Waals surface area contributed by atoms with E-state index in [9.17, 15) is 4.79 Å². The van der Waals surface area contributed by atoms with Crippen LogP contribution in [0.4, 0.5) is 0 Å². The average molecular weight is 261 g/mol. The minimum atomic E-state index is 0.502. The summed E-state index contributed by atoms with van der Waals surface area (Å²) in [6.07, 6.45) is 4.41. The van der Waals surface area contributed by atoms with Crippen LogP contribution in [0.3, 0.4) is 0 Å². The molecule has 0 amide bonds. The van der Waals surface area contributed by atoms with Gasteiger partial charge in [0, 0.05) is 18.5 Å². The van der Waals surface area contributed by atoms with E-state index in [4.69, 9.17) is 5.84 Å². The van der Waals surface area contributed by atoms with E-state index >= 15 is 0 Å². The Hall–Kier alpha value is -2.51. The van der Waals surface area contributed by atoms with E-state index in [1.165, 1.54) is 0 Å². The molecule has 1 aromatic rings. The molecule has 0 unspecified atom stereocenters. The zero-order chi connectivity index (χ0) is 13.7. The summed E-state index contributed by atoms with van der Waals surface area (Å²) in [4.78, 5) is 11.2. The zero-order valence-electron chi connectivity index (χ0n) is 10.4. The molecule has 0 radical (unpaired) electrons. The van der Waals surface area contributed by atoms with Gasteiger partial charge in [-0.3, -0.25) is 14.5 Å². The van der Waals surface area contributed by atoms with Crippen LogP contribution in [-0.4, -0.2) is 34.0 Å². The normalized spacial score (nSPS) is 15.1. The second-order valence-electron chi connectivity index (χ2n) is 4.01. The van der Waals surface area contributed by atoms with E-state index in [1.54, 1.807) is 15.8 Å². The average Bonchev–Trinajstić information content (AvgIpc) is 2.76. The van der Waals surface area contributed by atoms with Crippen molar-refractivity contribution < 1.29 is 4.79 Å². The van der Waals surface area contributed by atoms with Gasteiger partial charge in [0.1, 0.15) is 5.69 Å². The molecular weight excluding hydrogens is 246 g/mol. The molecule has 0 bridgehead atoms. The molecule has 19 heavy (non-hydrogen) atoms. The van der Waals surface area contributed by atoms with Crippen LogP contribution in [0.1, 0.15) is 21.7 Å². The molecule has 1 aliphatic rings. The standard InChI is InChI=1S/C11H15N7O/c1-2-4-18-11(7-19)9-6-17(16-14-8-13-12)5-3-10(9)15-18/h2,7-8H,1,3-6,12H2. The lowest BCUT2D eigenvalue weighted by Gasteiger charge is -2.21. The largest absolute Gasteiger partial charge is 0.322 e. The van der Waals surface area contributed by atoms with Crippen LogP contribution in [0.25, 0.3) is 0 Å². The van der Waals surface area contributed by atoms with Crippen molar-refractivity contribution in [3.05, 3.63) is 29.6 Å². The van der Waals surface area contributed by atoms with E-state index < -0.39 is 0 Å². The zero-order valence-corrected chi connectivity index (χ0v) is 10.4. The number of aldehydes is 1. The summed E-state index contributed by atoms with van der Waals surface area (Å²) in [6, 6.07) is 0. The monoisotopic (exact) mass is 261 g/mol. The lowest BCUT2D eigenvalue weighted by atomic mass is 10.1. The highest BCUT2D eigenvalue weighted by atomic mass is 16.1. The number of carbonyl (C=O) groups excluding carboxylic acids is 1. The fraction of sp³-hybridized carbons (Fsp3) is 0.364. The Kier molecular flexibility index (Phi) is 4.01. The van der Waals surface area contributed by atoms with Gasteiger partial charge in [0.05, 0.1) is 18.8 Å². The number of allylic oxidation sites excluding steroid dienone is 1. The van der Waals surface area contributed by atoms with Gasteiger partial charge in [-0.2, -0.15) is 10.2 Å². The summed E-state index contributed by atoms with van der Waals surface area (Å²) < 4.78 is 1.66. The van der Waals surface area contributed by atoms with Gasteiger partial charge in [0.15, 0.2) is 12.6 Å². The maximum Gasteiger partial charge on any atom is 0.168 e. The molecule has 100 valence electrons. The highest BCUT2D eigenvalue weighted by Gasteiger charge is 2.23.